The highest BCUT2D eigenvalue weighted by atomic mass is 16.4. The Labute approximate surface area is 431 Å². The van der Waals surface area contributed by atoms with Crippen LogP contribution in [0.5, 0.6) is 0 Å². The van der Waals surface area contributed by atoms with E-state index in [1.165, 1.54) is 77.0 Å². The second-order valence-corrected chi connectivity index (χ2v) is 16.2. The van der Waals surface area contributed by atoms with Crippen LogP contribution in [0.25, 0.3) is 0 Å². The number of Topliss-reactive ketones (excluding diaryl/α,β-unsaturated/α-hetero) is 1. The second-order valence-electron chi connectivity index (χ2n) is 16.2. The minimum Gasteiger partial charge on any atom is -0.468 e. The van der Waals surface area contributed by atoms with Gasteiger partial charge in [-0.25, -0.2) is 0 Å². The molecule has 0 saturated heterocycles. The normalized spacial score (nSPS) is 9.40. The van der Waals surface area contributed by atoms with Crippen molar-refractivity contribution in [1.29, 1.82) is 0 Å². The Kier molecular flexibility index (Phi) is 32.2. The highest BCUT2D eigenvalue weighted by Gasteiger charge is 2.26. The number of carbonyl (C=O) groups excluding carboxylic acids is 1. The molecular formula is C61H102O7. The van der Waals surface area contributed by atoms with Gasteiger partial charge in [-0.2, -0.15) is 0 Å². The van der Waals surface area contributed by atoms with Gasteiger partial charge in [-0.05, 0) is 186 Å². The van der Waals surface area contributed by atoms with Gasteiger partial charge in [-0.1, -0.05) is 104 Å². The smallest absolute Gasteiger partial charge is 0.133 e. The van der Waals surface area contributed by atoms with Crippen LogP contribution < -0.4 is 0 Å². The number of hydrogen-bond donors (Lipinski definition) is 0. The summed E-state index contributed by atoms with van der Waals surface area (Å²) >= 11 is 0. The molecule has 0 fully saturated rings. The van der Waals surface area contributed by atoms with Crippen molar-refractivity contribution >= 4 is 5.78 Å². The van der Waals surface area contributed by atoms with E-state index < -0.39 is 0 Å². The summed E-state index contributed by atoms with van der Waals surface area (Å²) in [6.07, 6.45) is 25.1. The Morgan fingerprint density at radius 1 is 0.529 bits per heavy atom. The number of furan rings is 5. The summed E-state index contributed by atoms with van der Waals surface area (Å²) in [7, 11) is 0. The van der Waals surface area contributed by atoms with Gasteiger partial charge in [0, 0.05) is 27.8 Å². The predicted molar refractivity (Wildman–Crippen MR) is 308 cm³/mol. The van der Waals surface area contributed by atoms with Gasteiger partial charge in [-0.15, -0.1) is 6.42 Å². The predicted octanol–water partition coefficient (Wildman–Crippen LogP) is 18.1. The average Bonchev–Trinajstić information content (AvgIpc) is 4.19. The number of unbranched alkanes of at least 4 members (excludes halogenated alkanes) is 6. The molecule has 68 heavy (non-hydrogen) atoms. The molecule has 0 aliphatic carbocycles. The lowest BCUT2D eigenvalue weighted by atomic mass is 9.90. The molecule has 0 atom stereocenters. The largest absolute Gasteiger partial charge is 0.468 e. The first-order valence-corrected chi connectivity index (χ1v) is 23.7. The minimum absolute atomic E-state index is 0. The summed E-state index contributed by atoms with van der Waals surface area (Å²) in [5, 5.41) is 0. The lowest BCUT2D eigenvalue weighted by molar-refractivity contribution is -0.117. The van der Waals surface area contributed by atoms with Gasteiger partial charge in [0.15, 0.2) is 0 Å². The van der Waals surface area contributed by atoms with Crippen LogP contribution in [-0.4, -0.2) is 11.3 Å². The Hall–Kier alpha value is -7.05. The van der Waals surface area contributed by atoms with Crippen molar-refractivity contribution in [3.8, 4) is 83.4 Å². The van der Waals surface area contributed by atoms with Crippen molar-refractivity contribution in [2.24, 2.45) is 5.92 Å². The van der Waals surface area contributed by atoms with Gasteiger partial charge in [0.2, 0.25) is 0 Å². The molecule has 0 saturated carbocycles. The van der Waals surface area contributed by atoms with Crippen LogP contribution in [0.3, 0.4) is 0 Å². The first-order valence-electron chi connectivity index (χ1n) is 23.7. The van der Waals surface area contributed by atoms with Gasteiger partial charge >= 0.3 is 0 Å². The summed E-state index contributed by atoms with van der Waals surface area (Å²) in [6.45, 7) is 17.9. The molecule has 7 heteroatoms. The first kappa shape index (κ1) is 59.0. The van der Waals surface area contributed by atoms with Gasteiger partial charge in [0.05, 0.1) is 12.2 Å². The molecule has 5 rings (SSSR count). The molecule has 5 aromatic heterocycles. The van der Waals surface area contributed by atoms with Gasteiger partial charge in [0.1, 0.15) is 63.5 Å². The molecule has 0 radical (unpaired) electrons. The van der Waals surface area contributed by atoms with Crippen molar-refractivity contribution in [3.63, 3.8) is 0 Å². The average molecular weight is 947 g/mol. The van der Waals surface area contributed by atoms with Crippen LogP contribution >= 0.6 is 0 Å². The number of hydrogen-bond acceptors (Lipinski definition) is 6. The molecule has 7 nitrogen and oxygen atoms in total. The van der Waals surface area contributed by atoms with Crippen LogP contribution in [-0.2, 0) is 4.79 Å². The van der Waals surface area contributed by atoms with E-state index in [0.29, 0.717) is 6.42 Å². The molecule has 0 unspecified atom stereocenters. The Morgan fingerprint density at radius 3 is 1.22 bits per heavy atom. The fourth-order valence-electron chi connectivity index (χ4n) is 7.01. The van der Waals surface area contributed by atoms with Crippen molar-refractivity contribution in [2.45, 2.75) is 164 Å². The standard InChI is InChI=1S/C16H34.C15H14O3.C15H18O3.C15H4.H2O.15H2/c1-4-7-10-13-16(14-11-8-5-2)15-12-9-6-3;1-10-5-7-13(17-10)15(12-4-3-9-16-12)14-8-6-11(2)18-14;1-10(16)4-7-13(14-8-5-11(2)17-14)15-9-6-12(3)18-15;1-3-5-7-9-11-13-15-14-12-10-8-6-4-2;;;;;;;;;;;;;;;;/h16H,4-15H2,1-3H3;3-9,15H,1-2H3;5-6,8-9,13H,4,7H2,1-3H3;1H,2H3;1H2;15*1H. The Balaban J connectivity index is -0.0000000539. The SMILES string of the molecule is C#CC#CC#CC#CC#CC#CC#CC.CC(=O)CCC(c1ccc(C)o1)c1ccc(C)o1.CCCCCC(CCCCC)CCCCC.Cc1ccc(C(c2ccco2)c2ccc(C)o2)o1.O.[HH].[HH].[HH].[HH].[HH].[HH].[HH].[HH].[HH].[HH].[HH].[HH].[HH].[HH].[HH]. The number of terminal acetylenes is 1. The number of ketones is 1. The van der Waals surface area contributed by atoms with Crippen LogP contribution in [0, 0.1) is 117 Å². The van der Waals surface area contributed by atoms with Crippen LogP contribution in [0.2, 0.25) is 0 Å². The topological polar surface area (TPSA) is 114 Å². The van der Waals surface area contributed by atoms with E-state index in [1.54, 1.807) is 20.1 Å². The van der Waals surface area contributed by atoms with E-state index in [0.717, 1.165) is 64.2 Å². The van der Waals surface area contributed by atoms with Crippen molar-refractivity contribution in [1.82, 2.24) is 0 Å². The number of rotatable bonds is 20. The van der Waals surface area contributed by atoms with Crippen LogP contribution in [0.1, 0.15) is 210 Å². The van der Waals surface area contributed by atoms with E-state index in [2.05, 4.69) is 97.7 Å². The highest BCUT2D eigenvalue weighted by Crippen LogP contribution is 2.35. The zero-order chi connectivity index (χ0) is 48.9. The first-order chi connectivity index (χ1) is 32.6. The van der Waals surface area contributed by atoms with E-state index in [4.69, 9.17) is 28.5 Å². The van der Waals surface area contributed by atoms with Crippen molar-refractivity contribution < 1.29 is 53.8 Å². The monoisotopic (exact) mass is 947 g/mol. The Bertz CT molecular complexity index is 2530. The molecule has 0 bridgehead atoms. The zero-order valence-corrected chi connectivity index (χ0v) is 42.0. The molecule has 0 aromatic carbocycles. The molecular weight excluding hydrogens is 845 g/mol. The Morgan fingerprint density at radius 2 is 0.912 bits per heavy atom. The van der Waals surface area contributed by atoms with E-state index in [-0.39, 0.29) is 44.5 Å². The fraction of sp³-hybridized carbons (Fsp3) is 0.426. The van der Waals surface area contributed by atoms with Crippen molar-refractivity contribution in [3.05, 3.63) is 119 Å². The molecule has 388 valence electrons. The third-order valence-corrected chi connectivity index (χ3v) is 10.4. The highest BCUT2D eigenvalue weighted by molar-refractivity contribution is 5.75. The summed E-state index contributed by atoms with van der Waals surface area (Å²) in [6, 6.07) is 19.4. The van der Waals surface area contributed by atoms with E-state index in [9.17, 15) is 4.79 Å². The molecule has 0 aliphatic heterocycles. The summed E-state index contributed by atoms with van der Waals surface area (Å²) in [5.74, 6) is 40.8. The quantitative estimate of drug-likeness (QED) is 0.0567. The summed E-state index contributed by atoms with van der Waals surface area (Å²) in [5.41, 5.74) is 0. The molecule has 5 heterocycles. The van der Waals surface area contributed by atoms with Crippen molar-refractivity contribution in [2.75, 3.05) is 0 Å². The molecule has 0 amide bonds. The zero-order valence-electron chi connectivity index (χ0n) is 42.0. The van der Waals surface area contributed by atoms with Gasteiger partial charge < -0.3 is 32.4 Å². The molecule has 5 aromatic rings. The number of carbonyl (C=O) groups is 1. The second kappa shape index (κ2) is 37.1. The van der Waals surface area contributed by atoms with E-state index in [1.807, 2.05) is 88.4 Å². The van der Waals surface area contributed by atoms with Gasteiger partial charge in [0.25, 0.3) is 0 Å². The summed E-state index contributed by atoms with van der Waals surface area (Å²) < 4.78 is 28.3. The summed E-state index contributed by atoms with van der Waals surface area (Å²) in [4.78, 5) is 11.2. The van der Waals surface area contributed by atoms with Crippen LogP contribution in [0.15, 0.2) is 89.0 Å². The maximum absolute atomic E-state index is 11.2. The maximum atomic E-state index is 11.2. The molecule has 0 aliphatic rings. The maximum Gasteiger partial charge on any atom is 0.133 e. The third kappa shape index (κ3) is 25.6. The number of aryl methyl sites for hydroxylation is 4. The minimum atomic E-state index is -0.123. The van der Waals surface area contributed by atoms with Gasteiger partial charge in [-0.3, -0.25) is 0 Å². The molecule has 2 N–H and O–H groups in total. The lowest BCUT2D eigenvalue weighted by Crippen LogP contribution is -2.02. The van der Waals surface area contributed by atoms with E-state index >= 15 is 0 Å². The van der Waals surface area contributed by atoms with Crippen LogP contribution in [0.4, 0.5) is 0 Å². The fourth-order valence-corrected chi connectivity index (χ4v) is 7.01. The lowest BCUT2D eigenvalue weighted by Gasteiger charge is -2.16. The third-order valence-electron chi connectivity index (χ3n) is 10.4. The molecule has 0 spiro atoms.